The first kappa shape index (κ1) is 14.9. The Kier molecular flexibility index (Phi) is 10.3. The van der Waals surface area contributed by atoms with Crippen LogP contribution >= 0.6 is 0 Å². The molecule has 3 heteroatoms. The summed E-state index contributed by atoms with van der Waals surface area (Å²) in [5, 5.41) is 3.49. The third-order valence-corrected chi connectivity index (χ3v) is 2.70. The topological polar surface area (TPSA) is 24.5 Å². The SMILES string of the molecule is CCCNCC(CCC)N(C)CCOC. The Morgan fingerprint density at radius 2 is 2.00 bits per heavy atom. The van der Waals surface area contributed by atoms with E-state index >= 15 is 0 Å². The van der Waals surface area contributed by atoms with E-state index in [2.05, 4.69) is 31.1 Å². The number of hydrogen-bond acceptors (Lipinski definition) is 3. The first-order chi connectivity index (χ1) is 7.26. The van der Waals surface area contributed by atoms with Crippen molar-refractivity contribution in [2.45, 2.75) is 39.2 Å². The third kappa shape index (κ3) is 7.77. The zero-order chi connectivity index (χ0) is 11.5. The van der Waals surface area contributed by atoms with Gasteiger partial charge in [0, 0.05) is 26.2 Å². The molecule has 0 rings (SSSR count). The summed E-state index contributed by atoms with van der Waals surface area (Å²) in [5.74, 6) is 0. The molecular weight excluding hydrogens is 188 g/mol. The molecule has 15 heavy (non-hydrogen) atoms. The summed E-state index contributed by atoms with van der Waals surface area (Å²) in [5.41, 5.74) is 0. The van der Waals surface area contributed by atoms with Gasteiger partial charge in [0.2, 0.25) is 0 Å². The number of methoxy groups -OCH3 is 1. The molecule has 0 aromatic carbocycles. The molecule has 0 amide bonds. The van der Waals surface area contributed by atoms with Gasteiger partial charge in [-0.2, -0.15) is 0 Å². The average Bonchev–Trinajstić information content (AvgIpc) is 2.25. The lowest BCUT2D eigenvalue weighted by atomic mass is 10.1. The lowest BCUT2D eigenvalue weighted by molar-refractivity contribution is 0.134. The smallest absolute Gasteiger partial charge is 0.0589 e. The van der Waals surface area contributed by atoms with Crippen LogP contribution in [0.4, 0.5) is 0 Å². The predicted octanol–water partition coefficient (Wildman–Crippen LogP) is 1.73. The Hall–Kier alpha value is -0.120. The molecule has 1 unspecified atom stereocenters. The molecule has 3 nitrogen and oxygen atoms in total. The van der Waals surface area contributed by atoms with Gasteiger partial charge >= 0.3 is 0 Å². The van der Waals surface area contributed by atoms with E-state index in [0.717, 1.165) is 26.2 Å². The molecule has 0 aliphatic heterocycles. The lowest BCUT2D eigenvalue weighted by Gasteiger charge is -2.28. The zero-order valence-electron chi connectivity index (χ0n) is 10.9. The summed E-state index contributed by atoms with van der Waals surface area (Å²) >= 11 is 0. The van der Waals surface area contributed by atoms with Crippen molar-refractivity contribution in [2.75, 3.05) is 40.4 Å². The van der Waals surface area contributed by atoms with Crippen molar-refractivity contribution in [3.05, 3.63) is 0 Å². The molecule has 92 valence electrons. The van der Waals surface area contributed by atoms with Gasteiger partial charge in [0.05, 0.1) is 6.61 Å². The molecule has 0 aliphatic carbocycles. The predicted molar refractivity (Wildman–Crippen MR) is 66.4 cm³/mol. The Balaban J connectivity index is 3.77. The fourth-order valence-corrected chi connectivity index (χ4v) is 1.67. The van der Waals surface area contributed by atoms with Crippen LogP contribution in [-0.4, -0.2) is 51.3 Å². The largest absolute Gasteiger partial charge is 0.383 e. The number of nitrogens with zero attached hydrogens (tertiary/aromatic N) is 1. The third-order valence-electron chi connectivity index (χ3n) is 2.70. The molecular formula is C12H28N2O. The quantitative estimate of drug-likeness (QED) is 0.563. The van der Waals surface area contributed by atoms with E-state index in [1.54, 1.807) is 7.11 Å². The molecule has 0 fully saturated rings. The number of ether oxygens (including phenoxy) is 1. The summed E-state index contributed by atoms with van der Waals surface area (Å²) in [6, 6.07) is 0.650. The highest BCUT2D eigenvalue weighted by atomic mass is 16.5. The first-order valence-electron chi connectivity index (χ1n) is 6.16. The summed E-state index contributed by atoms with van der Waals surface area (Å²) in [6.07, 6.45) is 3.72. The molecule has 1 atom stereocenters. The molecule has 0 aromatic rings. The average molecular weight is 216 g/mol. The van der Waals surface area contributed by atoms with Crippen LogP contribution in [-0.2, 0) is 4.74 Å². The van der Waals surface area contributed by atoms with Crippen molar-refractivity contribution in [3.8, 4) is 0 Å². The van der Waals surface area contributed by atoms with E-state index in [9.17, 15) is 0 Å². The van der Waals surface area contributed by atoms with Crippen LogP contribution in [0.1, 0.15) is 33.1 Å². The van der Waals surface area contributed by atoms with Gasteiger partial charge in [0.25, 0.3) is 0 Å². The van der Waals surface area contributed by atoms with Crippen molar-refractivity contribution in [3.63, 3.8) is 0 Å². The molecule has 1 N–H and O–H groups in total. The fourth-order valence-electron chi connectivity index (χ4n) is 1.67. The normalized spacial score (nSPS) is 13.4. The van der Waals surface area contributed by atoms with E-state index < -0.39 is 0 Å². The van der Waals surface area contributed by atoms with E-state index in [1.165, 1.54) is 19.3 Å². The minimum Gasteiger partial charge on any atom is -0.383 e. The summed E-state index contributed by atoms with van der Waals surface area (Å²) in [6.45, 7) is 8.52. The number of rotatable bonds is 10. The molecule has 0 radical (unpaired) electrons. The maximum atomic E-state index is 5.10. The van der Waals surface area contributed by atoms with E-state index in [4.69, 9.17) is 4.74 Å². The van der Waals surface area contributed by atoms with Gasteiger partial charge in [0.15, 0.2) is 0 Å². The molecule has 0 spiro atoms. The van der Waals surface area contributed by atoms with Gasteiger partial charge in [-0.15, -0.1) is 0 Å². The van der Waals surface area contributed by atoms with Gasteiger partial charge in [-0.25, -0.2) is 0 Å². The second-order valence-electron chi connectivity index (χ2n) is 4.12. The maximum Gasteiger partial charge on any atom is 0.0589 e. The minimum atomic E-state index is 0.650. The van der Waals surface area contributed by atoms with Crippen molar-refractivity contribution >= 4 is 0 Å². The molecule has 0 saturated carbocycles. The minimum absolute atomic E-state index is 0.650. The number of hydrogen-bond donors (Lipinski definition) is 1. The van der Waals surface area contributed by atoms with E-state index in [1.807, 2.05) is 0 Å². The highest BCUT2D eigenvalue weighted by Gasteiger charge is 2.12. The second-order valence-corrected chi connectivity index (χ2v) is 4.12. The Morgan fingerprint density at radius 1 is 1.27 bits per heavy atom. The highest BCUT2D eigenvalue weighted by molar-refractivity contribution is 4.70. The van der Waals surface area contributed by atoms with Gasteiger partial charge < -0.3 is 10.1 Å². The van der Waals surface area contributed by atoms with Crippen molar-refractivity contribution in [1.29, 1.82) is 0 Å². The van der Waals surface area contributed by atoms with Gasteiger partial charge in [-0.1, -0.05) is 20.3 Å². The van der Waals surface area contributed by atoms with E-state index in [-0.39, 0.29) is 0 Å². The first-order valence-corrected chi connectivity index (χ1v) is 6.16. The fraction of sp³-hybridized carbons (Fsp3) is 1.00. The summed E-state index contributed by atoms with van der Waals surface area (Å²) in [7, 11) is 3.95. The van der Waals surface area contributed by atoms with Gasteiger partial charge in [-0.3, -0.25) is 4.90 Å². The van der Waals surface area contributed by atoms with Gasteiger partial charge in [-0.05, 0) is 26.4 Å². The van der Waals surface area contributed by atoms with Crippen LogP contribution in [0, 0.1) is 0 Å². The van der Waals surface area contributed by atoms with Crippen LogP contribution in [0.5, 0.6) is 0 Å². The van der Waals surface area contributed by atoms with Crippen LogP contribution in [0.15, 0.2) is 0 Å². The Bertz CT molecular complexity index is 131. The van der Waals surface area contributed by atoms with Crippen LogP contribution in [0.3, 0.4) is 0 Å². The second kappa shape index (κ2) is 10.4. The van der Waals surface area contributed by atoms with Crippen LogP contribution in [0.25, 0.3) is 0 Å². The molecule has 0 saturated heterocycles. The highest BCUT2D eigenvalue weighted by Crippen LogP contribution is 2.03. The molecule has 0 bridgehead atoms. The van der Waals surface area contributed by atoms with Crippen LogP contribution in [0.2, 0.25) is 0 Å². The Labute approximate surface area is 95.2 Å². The number of likely N-dealkylation sites (N-methyl/N-ethyl adjacent to an activating group) is 1. The number of nitrogens with one attached hydrogen (secondary N) is 1. The van der Waals surface area contributed by atoms with Crippen molar-refractivity contribution in [2.24, 2.45) is 0 Å². The van der Waals surface area contributed by atoms with Crippen molar-refractivity contribution in [1.82, 2.24) is 10.2 Å². The molecule has 0 aromatic heterocycles. The van der Waals surface area contributed by atoms with E-state index in [0.29, 0.717) is 6.04 Å². The Morgan fingerprint density at radius 3 is 2.53 bits per heavy atom. The van der Waals surface area contributed by atoms with Crippen LogP contribution < -0.4 is 5.32 Å². The molecule has 0 aliphatic rings. The van der Waals surface area contributed by atoms with Crippen molar-refractivity contribution < 1.29 is 4.74 Å². The summed E-state index contributed by atoms with van der Waals surface area (Å²) < 4.78 is 5.10. The standard InChI is InChI=1S/C12H28N2O/c1-5-7-12(11-13-8-6-2)14(3)9-10-15-4/h12-13H,5-11H2,1-4H3. The zero-order valence-corrected chi connectivity index (χ0v) is 10.9. The molecule has 0 heterocycles. The maximum absolute atomic E-state index is 5.10. The lowest BCUT2D eigenvalue weighted by Crippen LogP contribution is -2.41. The monoisotopic (exact) mass is 216 g/mol. The van der Waals surface area contributed by atoms with Gasteiger partial charge in [0.1, 0.15) is 0 Å². The summed E-state index contributed by atoms with van der Waals surface area (Å²) in [4.78, 5) is 2.40.